The zero-order valence-corrected chi connectivity index (χ0v) is 16.8. The lowest BCUT2D eigenvalue weighted by atomic mass is 10.1. The molecule has 150 valence electrons. The highest BCUT2D eigenvalue weighted by Gasteiger charge is 2.27. The normalized spacial score (nSPS) is 19.7. The third kappa shape index (κ3) is 6.40. The summed E-state index contributed by atoms with van der Waals surface area (Å²) in [5.41, 5.74) is 0.844. The molecule has 1 aromatic carbocycles. The van der Waals surface area contributed by atoms with E-state index in [9.17, 15) is 4.79 Å². The molecule has 27 heavy (non-hydrogen) atoms. The highest BCUT2D eigenvalue weighted by molar-refractivity contribution is 5.68. The molecule has 0 unspecified atom stereocenters. The van der Waals surface area contributed by atoms with Crippen molar-refractivity contribution < 1.29 is 19.0 Å². The smallest absolute Gasteiger partial charge is 0.410 e. The van der Waals surface area contributed by atoms with Gasteiger partial charge in [0, 0.05) is 45.6 Å². The van der Waals surface area contributed by atoms with Gasteiger partial charge < -0.3 is 19.1 Å². The van der Waals surface area contributed by atoms with Gasteiger partial charge in [-0.2, -0.15) is 0 Å². The summed E-state index contributed by atoms with van der Waals surface area (Å²) in [6, 6.07) is 8.38. The van der Waals surface area contributed by atoms with Crippen LogP contribution in [0, 0.1) is 0 Å². The third-order valence-corrected chi connectivity index (χ3v) is 4.83. The van der Waals surface area contributed by atoms with Crippen LogP contribution in [0.1, 0.15) is 39.2 Å². The average molecular weight is 376 g/mol. The largest absolute Gasteiger partial charge is 0.490 e. The quantitative estimate of drug-likeness (QED) is 0.807. The molecule has 2 aliphatic rings. The molecule has 6 heteroatoms. The number of benzene rings is 1. The summed E-state index contributed by atoms with van der Waals surface area (Å²) in [5.74, 6) is 0.899. The molecule has 0 aromatic heterocycles. The number of piperidine rings is 1. The minimum Gasteiger partial charge on any atom is -0.490 e. The van der Waals surface area contributed by atoms with Crippen LogP contribution in [0.2, 0.25) is 0 Å². The Labute approximate surface area is 162 Å². The molecule has 2 saturated heterocycles. The molecule has 2 aliphatic heterocycles. The summed E-state index contributed by atoms with van der Waals surface area (Å²) in [7, 11) is 0. The van der Waals surface area contributed by atoms with Crippen molar-refractivity contribution in [1.29, 1.82) is 0 Å². The first kappa shape index (κ1) is 20.0. The number of hydrogen-bond donors (Lipinski definition) is 0. The molecule has 2 heterocycles. The highest BCUT2D eigenvalue weighted by atomic mass is 16.6. The highest BCUT2D eigenvalue weighted by Crippen LogP contribution is 2.21. The molecule has 0 radical (unpaired) electrons. The molecule has 1 amide bonds. The lowest BCUT2D eigenvalue weighted by molar-refractivity contribution is 0.0126. The van der Waals surface area contributed by atoms with Gasteiger partial charge in [0.2, 0.25) is 0 Å². The lowest BCUT2D eigenvalue weighted by Crippen LogP contribution is -2.44. The maximum Gasteiger partial charge on any atom is 0.410 e. The topological polar surface area (TPSA) is 51.2 Å². The summed E-state index contributed by atoms with van der Waals surface area (Å²) in [6.45, 7) is 11.6. The van der Waals surface area contributed by atoms with E-state index in [-0.39, 0.29) is 12.2 Å². The monoisotopic (exact) mass is 376 g/mol. The predicted molar refractivity (Wildman–Crippen MR) is 104 cm³/mol. The van der Waals surface area contributed by atoms with Gasteiger partial charge >= 0.3 is 6.09 Å². The molecule has 2 fully saturated rings. The van der Waals surface area contributed by atoms with E-state index < -0.39 is 5.60 Å². The van der Waals surface area contributed by atoms with E-state index in [1.807, 2.05) is 20.8 Å². The van der Waals surface area contributed by atoms with Gasteiger partial charge in [-0.1, -0.05) is 12.1 Å². The number of carbonyl (C=O) groups is 1. The van der Waals surface area contributed by atoms with Gasteiger partial charge in [-0.25, -0.2) is 4.79 Å². The van der Waals surface area contributed by atoms with Gasteiger partial charge in [0.25, 0.3) is 0 Å². The average Bonchev–Trinajstić information content (AvgIpc) is 2.63. The Kier molecular flexibility index (Phi) is 6.60. The van der Waals surface area contributed by atoms with Gasteiger partial charge in [-0.05, 0) is 38.5 Å². The van der Waals surface area contributed by atoms with Crippen molar-refractivity contribution in [3.8, 4) is 5.75 Å². The third-order valence-electron chi connectivity index (χ3n) is 4.83. The van der Waals surface area contributed by atoms with Crippen LogP contribution in [0.5, 0.6) is 5.75 Å². The molecule has 0 bridgehead atoms. The molecule has 0 aliphatic carbocycles. The molecular formula is C21H32N2O4. The van der Waals surface area contributed by atoms with Crippen LogP contribution >= 0.6 is 0 Å². The van der Waals surface area contributed by atoms with E-state index in [2.05, 4.69) is 29.2 Å². The maximum absolute atomic E-state index is 12.1. The second-order valence-electron chi connectivity index (χ2n) is 8.32. The number of ether oxygens (including phenoxy) is 3. The minimum atomic E-state index is -0.451. The van der Waals surface area contributed by atoms with Crippen molar-refractivity contribution >= 4 is 6.09 Å². The van der Waals surface area contributed by atoms with Crippen LogP contribution in [-0.4, -0.2) is 67.0 Å². The van der Waals surface area contributed by atoms with Crippen molar-refractivity contribution in [2.24, 2.45) is 0 Å². The number of rotatable bonds is 4. The first-order chi connectivity index (χ1) is 12.9. The number of likely N-dealkylation sites (tertiary alicyclic amines) is 1. The van der Waals surface area contributed by atoms with E-state index in [1.54, 1.807) is 4.90 Å². The van der Waals surface area contributed by atoms with E-state index in [0.717, 1.165) is 51.4 Å². The first-order valence-electron chi connectivity index (χ1n) is 9.93. The van der Waals surface area contributed by atoms with Crippen molar-refractivity contribution in [2.45, 2.75) is 51.9 Å². The summed E-state index contributed by atoms with van der Waals surface area (Å²) in [6.07, 6.45) is 1.57. The number of amides is 1. The molecule has 0 N–H and O–H groups in total. The molecule has 0 atom stereocenters. The number of nitrogens with zero attached hydrogens (tertiary/aromatic N) is 2. The predicted octanol–water partition coefficient (Wildman–Crippen LogP) is 3.30. The fourth-order valence-corrected chi connectivity index (χ4v) is 3.37. The summed E-state index contributed by atoms with van der Waals surface area (Å²) in [5, 5.41) is 0. The lowest BCUT2D eigenvalue weighted by Gasteiger charge is -2.33. The van der Waals surface area contributed by atoms with Gasteiger partial charge in [-0.3, -0.25) is 4.90 Å². The number of carbonyl (C=O) groups excluding carboxylic acids is 1. The first-order valence-corrected chi connectivity index (χ1v) is 9.93. The van der Waals surface area contributed by atoms with Crippen molar-refractivity contribution in [3.63, 3.8) is 0 Å². The van der Waals surface area contributed by atoms with E-state index >= 15 is 0 Å². The Hall–Kier alpha value is -1.79. The van der Waals surface area contributed by atoms with Crippen LogP contribution < -0.4 is 4.74 Å². The van der Waals surface area contributed by atoms with Gasteiger partial charge in [0.1, 0.15) is 17.5 Å². The molecule has 0 spiro atoms. The Morgan fingerprint density at radius 1 is 1.07 bits per heavy atom. The zero-order chi connectivity index (χ0) is 19.3. The fraction of sp³-hybridized carbons (Fsp3) is 0.667. The van der Waals surface area contributed by atoms with Crippen molar-refractivity contribution in [3.05, 3.63) is 29.8 Å². The van der Waals surface area contributed by atoms with E-state index in [0.29, 0.717) is 13.1 Å². The molecule has 3 rings (SSSR count). The summed E-state index contributed by atoms with van der Waals surface area (Å²) in [4.78, 5) is 16.3. The second-order valence-corrected chi connectivity index (χ2v) is 8.32. The van der Waals surface area contributed by atoms with Crippen LogP contribution in [0.4, 0.5) is 4.79 Å². The Morgan fingerprint density at radius 2 is 1.70 bits per heavy atom. The molecule has 6 nitrogen and oxygen atoms in total. The fourth-order valence-electron chi connectivity index (χ4n) is 3.37. The van der Waals surface area contributed by atoms with E-state index in [1.165, 1.54) is 5.56 Å². The van der Waals surface area contributed by atoms with Gasteiger partial charge in [0.15, 0.2) is 0 Å². The summed E-state index contributed by atoms with van der Waals surface area (Å²) < 4.78 is 17.0. The Morgan fingerprint density at radius 3 is 2.30 bits per heavy atom. The van der Waals surface area contributed by atoms with Gasteiger partial charge in [0.05, 0.1) is 13.2 Å². The standard InChI is InChI=1S/C21H32N2O4/c1-21(2,3)27-20(24)23-10-8-19(9-11-23)26-18-6-4-17(5-7-18)16-22-12-14-25-15-13-22/h4-7,19H,8-16H2,1-3H3. The molecule has 0 saturated carbocycles. The van der Waals surface area contributed by atoms with E-state index in [4.69, 9.17) is 14.2 Å². The number of hydrogen-bond acceptors (Lipinski definition) is 5. The zero-order valence-electron chi connectivity index (χ0n) is 16.8. The Balaban J connectivity index is 1.43. The van der Waals surface area contributed by atoms with Gasteiger partial charge in [-0.15, -0.1) is 0 Å². The van der Waals surface area contributed by atoms with Crippen LogP contribution in [0.25, 0.3) is 0 Å². The van der Waals surface area contributed by atoms with Crippen LogP contribution in [0.15, 0.2) is 24.3 Å². The Bertz CT molecular complexity index is 598. The summed E-state index contributed by atoms with van der Waals surface area (Å²) >= 11 is 0. The molecular weight excluding hydrogens is 344 g/mol. The minimum absolute atomic E-state index is 0.147. The van der Waals surface area contributed by atoms with Crippen molar-refractivity contribution in [2.75, 3.05) is 39.4 Å². The molecule has 1 aromatic rings. The van der Waals surface area contributed by atoms with Crippen LogP contribution in [0.3, 0.4) is 0 Å². The SMILES string of the molecule is CC(C)(C)OC(=O)N1CCC(Oc2ccc(CN3CCOCC3)cc2)CC1. The van der Waals surface area contributed by atoms with Crippen LogP contribution in [-0.2, 0) is 16.0 Å². The second kappa shape index (κ2) is 8.93. The number of morpholine rings is 1. The maximum atomic E-state index is 12.1. The van der Waals surface area contributed by atoms with Crippen molar-refractivity contribution in [1.82, 2.24) is 9.80 Å².